The monoisotopic (exact) mass is 343 g/mol. The minimum atomic E-state index is -3.61. The largest absolute Gasteiger partial charge is 0.377 e. The lowest BCUT2D eigenvalue weighted by atomic mass is 10.1. The smallest absolute Gasteiger partial charge is 0.241 e. The molecule has 1 aliphatic heterocycles. The first kappa shape index (κ1) is 16.6. The SMILES string of the molecule is C#CN1CC[C@@H](NS(=O)(=O)c2cccc3c(N(C)C)cccc23)C1. The minimum absolute atomic E-state index is 0.154. The second-order valence-electron chi connectivity index (χ2n) is 6.20. The van der Waals surface area contributed by atoms with Gasteiger partial charge in [0.2, 0.25) is 10.0 Å². The highest BCUT2D eigenvalue weighted by Gasteiger charge is 2.27. The van der Waals surface area contributed by atoms with Crippen LogP contribution in [-0.2, 0) is 10.0 Å². The molecule has 6 heteroatoms. The van der Waals surface area contributed by atoms with Crippen molar-refractivity contribution in [3.63, 3.8) is 0 Å². The summed E-state index contributed by atoms with van der Waals surface area (Å²) in [6.45, 7) is 1.26. The second-order valence-corrected chi connectivity index (χ2v) is 7.89. The van der Waals surface area contributed by atoms with Crippen molar-refractivity contribution >= 4 is 26.5 Å². The Morgan fingerprint density at radius 2 is 1.92 bits per heavy atom. The van der Waals surface area contributed by atoms with Gasteiger partial charge < -0.3 is 9.80 Å². The van der Waals surface area contributed by atoms with Gasteiger partial charge in [-0.3, -0.25) is 0 Å². The molecule has 5 nitrogen and oxygen atoms in total. The molecular weight excluding hydrogens is 322 g/mol. The third-order valence-electron chi connectivity index (χ3n) is 4.32. The van der Waals surface area contributed by atoms with Gasteiger partial charge in [0.05, 0.1) is 4.90 Å². The minimum Gasteiger partial charge on any atom is -0.377 e. The van der Waals surface area contributed by atoms with Gasteiger partial charge in [0.25, 0.3) is 0 Å². The molecule has 0 saturated carbocycles. The van der Waals surface area contributed by atoms with Crippen molar-refractivity contribution in [1.29, 1.82) is 0 Å². The fourth-order valence-electron chi connectivity index (χ4n) is 3.15. The Kier molecular flexibility index (Phi) is 4.39. The van der Waals surface area contributed by atoms with Crippen molar-refractivity contribution in [3.8, 4) is 12.5 Å². The Hall–Kier alpha value is -2.23. The topological polar surface area (TPSA) is 52.7 Å². The number of hydrogen-bond acceptors (Lipinski definition) is 4. The van der Waals surface area contributed by atoms with Crippen LogP contribution in [0.1, 0.15) is 6.42 Å². The quantitative estimate of drug-likeness (QED) is 0.861. The molecule has 0 aromatic heterocycles. The van der Waals surface area contributed by atoms with E-state index in [-0.39, 0.29) is 6.04 Å². The van der Waals surface area contributed by atoms with Gasteiger partial charge in [0, 0.05) is 55.7 Å². The lowest BCUT2D eigenvalue weighted by Crippen LogP contribution is -2.36. The summed E-state index contributed by atoms with van der Waals surface area (Å²) in [4.78, 5) is 4.08. The van der Waals surface area contributed by atoms with Crippen LogP contribution in [0.4, 0.5) is 5.69 Å². The van der Waals surface area contributed by atoms with Crippen LogP contribution in [0, 0.1) is 12.5 Å². The molecule has 1 saturated heterocycles. The van der Waals surface area contributed by atoms with Crippen molar-refractivity contribution in [1.82, 2.24) is 9.62 Å². The molecule has 1 atom stereocenters. The van der Waals surface area contributed by atoms with Crippen LogP contribution in [0.25, 0.3) is 10.8 Å². The number of rotatable bonds is 4. The second kappa shape index (κ2) is 6.34. The number of fused-ring (bicyclic) bond motifs is 1. The lowest BCUT2D eigenvalue weighted by molar-refractivity contribution is 0.478. The molecule has 1 N–H and O–H groups in total. The zero-order valence-electron chi connectivity index (χ0n) is 13.9. The number of terminal acetylenes is 1. The van der Waals surface area contributed by atoms with E-state index < -0.39 is 10.0 Å². The Morgan fingerprint density at radius 1 is 1.21 bits per heavy atom. The molecule has 1 heterocycles. The highest BCUT2D eigenvalue weighted by atomic mass is 32.2. The van der Waals surface area contributed by atoms with E-state index in [0.29, 0.717) is 18.0 Å². The predicted molar refractivity (Wildman–Crippen MR) is 97.4 cm³/mol. The average Bonchev–Trinajstić information content (AvgIpc) is 3.00. The number of anilines is 1. The number of benzene rings is 2. The molecule has 0 radical (unpaired) electrons. The van der Waals surface area contributed by atoms with Gasteiger partial charge in [-0.2, -0.15) is 0 Å². The highest BCUT2D eigenvalue weighted by Crippen LogP contribution is 2.30. The molecule has 0 aliphatic carbocycles. The fourth-order valence-corrected chi connectivity index (χ4v) is 4.63. The molecule has 1 fully saturated rings. The van der Waals surface area contributed by atoms with E-state index in [9.17, 15) is 8.42 Å². The lowest BCUT2D eigenvalue weighted by Gasteiger charge is -2.18. The molecule has 3 rings (SSSR count). The molecule has 2 aromatic carbocycles. The standard InChI is InChI=1S/C18H21N3O2S/c1-4-21-12-11-14(13-21)19-24(22,23)18-10-6-7-15-16(18)8-5-9-17(15)20(2)3/h1,5-10,14,19H,11-13H2,2-3H3/t14-/m1/s1. The summed E-state index contributed by atoms with van der Waals surface area (Å²) in [5, 5.41) is 1.64. The Morgan fingerprint density at radius 3 is 2.58 bits per heavy atom. The predicted octanol–water partition coefficient (Wildman–Crippen LogP) is 1.85. The molecule has 24 heavy (non-hydrogen) atoms. The number of nitrogens with zero attached hydrogens (tertiary/aromatic N) is 2. The van der Waals surface area contributed by atoms with Gasteiger partial charge in [-0.05, 0) is 18.6 Å². The number of nitrogens with one attached hydrogen (secondary N) is 1. The summed E-state index contributed by atoms with van der Waals surface area (Å²) < 4.78 is 28.6. The maximum atomic E-state index is 12.9. The van der Waals surface area contributed by atoms with Crippen LogP contribution in [0.15, 0.2) is 41.3 Å². The summed E-state index contributed by atoms with van der Waals surface area (Å²) in [7, 11) is 0.283. The maximum Gasteiger partial charge on any atom is 0.241 e. The normalized spacial score (nSPS) is 17.9. The number of sulfonamides is 1. The zero-order valence-corrected chi connectivity index (χ0v) is 14.7. The first-order valence-electron chi connectivity index (χ1n) is 7.85. The Labute approximate surface area is 143 Å². The first-order valence-corrected chi connectivity index (χ1v) is 9.33. The first-order chi connectivity index (χ1) is 11.4. The van der Waals surface area contributed by atoms with Crippen LogP contribution >= 0.6 is 0 Å². The summed E-state index contributed by atoms with van der Waals surface area (Å²) in [6, 6.07) is 13.5. The van der Waals surface area contributed by atoms with Gasteiger partial charge in [0.1, 0.15) is 0 Å². The zero-order chi connectivity index (χ0) is 17.3. The van der Waals surface area contributed by atoms with Crippen molar-refractivity contribution < 1.29 is 8.42 Å². The molecule has 0 spiro atoms. The van der Waals surface area contributed by atoms with Gasteiger partial charge >= 0.3 is 0 Å². The Balaban J connectivity index is 2.00. The van der Waals surface area contributed by atoms with Crippen molar-refractivity contribution in [2.45, 2.75) is 17.4 Å². The molecule has 0 amide bonds. The molecule has 0 unspecified atom stereocenters. The third kappa shape index (κ3) is 3.05. The van der Waals surface area contributed by atoms with Gasteiger partial charge in [-0.15, -0.1) is 0 Å². The van der Waals surface area contributed by atoms with Gasteiger partial charge in [-0.1, -0.05) is 30.7 Å². The van der Waals surface area contributed by atoms with E-state index >= 15 is 0 Å². The summed E-state index contributed by atoms with van der Waals surface area (Å²) >= 11 is 0. The van der Waals surface area contributed by atoms with Crippen molar-refractivity contribution in [2.75, 3.05) is 32.1 Å². The highest BCUT2D eigenvalue weighted by molar-refractivity contribution is 7.89. The molecular formula is C18H21N3O2S. The number of hydrogen-bond donors (Lipinski definition) is 1. The summed E-state index contributed by atoms with van der Waals surface area (Å²) in [5.41, 5.74) is 0.990. The van der Waals surface area contributed by atoms with Gasteiger partial charge in [0.15, 0.2) is 0 Å². The van der Waals surface area contributed by atoms with E-state index in [1.165, 1.54) is 0 Å². The average molecular weight is 343 g/mol. The summed E-state index contributed by atoms with van der Waals surface area (Å²) in [6.07, 6.45) is 6.10. The van der Waals surface area contributed by atoms with E-state index in [1.54, 1.807) is 17.0 Å². The third-order valence-corrected chi connectivity index (χ3v) is 5.90. The number of likely N-dealkylation sites (tertiary alicyclic amines) is 1. The van der Waals surface area contributed by atoms with Gasteiger partial charge in [-0.25, -0.2) is 13.1 Å². The molecule has 126 valence electrons. The van der Waals surface area contributed by atoms with E-state index in [4.69, 9.17) is 6.42 Å². The Bertz CT molecular complexity index is 900. The van der Waals surface area contributed by atoms with Crippen LogP contribution in [-0.4, -0.2) is 46.5 Å². The van der Waals surface area contributed by atoms with Crippen LogP contribution < -0.4 is 9.62 Å². The molecule has 1 aliphatic rings. The van der Waals surface area contributed by atoms with Crippen molar-refractivity contribution in [2.24, 2.45) is 0 Å². The van der Waals surface area contributed by atoms with E-state index in [0.717, 1.165) is 22.9 Å². The fraction of sp³-hybridized carbons (Fsp3) is 0.333. The van der Waals surface area contributed by atoms with Crippen LogP contribution in [0.2, 0.25) is 0 Å². The molecule has 0 bridgehead atoms. The van der Waals surface area contributed by atoms with E-state index in [1.807, 2.05) is 43.3 Å². The van der Waals surface area contributed by atoms with Crippen molar-refractivity contribution in [3.05, 3.63) is 36.4 Å². The van der Waals surface area contributed by atoms with Crippen LogP contribution in [0.3, 0.4) is 0 Å². The van der Waals surface area contributed by atoms with E-state index in [2.05, 4.69) is 10.8 Å². The molecule has 2 aromatic rings. The van der Waals surface area contributed by atoms with Crippen LogP contribution in [0.5, 0.6) is 0 Å². The summed E-state index contributed by atoms with van der Waals surface area (Å²) in [5.74, 6) is 0. The maximum absolute atomic E-state index is 12.9.